The van der Waals surface area contributed by atoms with E-state index in [0.717, 1.165) is 53.4 Å². The van der Waals surface area contributed by atoms with Gasteiger partial charge in [-0.25, -0.2) is 0 Å². The van der Waals surface area contributed by atoms with Crippen molar-refractivity contribution in [1.29, 1.82) is 0 Å². The van der Waals surface area contributed by atoms with E-state index in [4.69, 9.17) is 0 Å². The number of aromatic amines is 1. The van der Waals surface area contributed by atoms with E-state index in [1.807, 2.05) is 28.0 Å². The van der Waals surface area contributed by atoms with Crippen molar-refractivity contribution in [2.24, 2.45) is 5.92 Å². The summed E-state index contributed by atoms with van der Waals surface area (Å²) in [5.41, 5.74) is 5.49. The molecule has 5 rings (SSSR count). The molecule has 0 saturated carbocycles. The number of rotatable bonds is 7. The van der Waals surface area contributed by atoms with Crippen molar-refractivity contribution in [2.75, 3.05) is 13.1 Å². The first-order chi connectivity index (χ1) is 16.5. The average Bonchev–Trinajstić information content (AvgIpc) is 3.21. The molecule has 3 atom stereocenters. The van der Waals surface area contributed by atoms with Crippen LogP contribution in [0.15, 0.2) is 48.5 Å². The largest absolute Gasteiger partial charge is 0.356 e. The molecule has 5 heteroatoms. The van der Waals surface area contributed by atoms with Crippen LogP contribution >= 0.6 is 0 Å². The van der Waals surface area contributed by atoms with Gasteiger partial charge in [0, 0.05) is 29.6 Å². The number of nitrogens with one attached hydrogen (secondary N) is 1. The van der Waals surface area contributed by atoms with E-state index in [1.165, 1.54) is 5.56 Å². The molecule has 1 saturated heterocycles. The molecular formula is C29H35N3O2. The van der Waals surface area contributed by atoms with Crippen molar-refractivity contribution in [3.05, 3.63) is 70.9 Å². The molecule has 1 aromatic heterocycles. The van der Waals surface area contributed by atoms with E-state index in [9.17, 15) is 9.59 Å². The van der Waals surface area contributed by atoms with Gasteiger partial charge in [0.2, 0.25) is 11.8 Å². The van der Waals surface area contributed by atoms with Crippen LogP contribution in [0.3, 0.4) is 0 Å². The van der Waals surface area contributed by atoms with Crippen molar-refractivity contribution in [3.63, 3.8) is 0 Å². The molecule has 0 bridgehead atoms. The zero-order chi connectivity index (χ0) is 23.8. The Morgan fingerprint density at radius 2 is 1.91 bits per heavy atom. The summed E-state index contributed by atoms with van der Waals surface area (Å²) in [6, 6.07) is 15.9. The van der Waals surface area contributed by atoms with Gasteiger partial charge >= 0.3 is 0 Å². The Hall–Kier alpha value is -3.08. The first kappa shape index (κ1) is 22.7. The third-order valence-corrected chi connectivity index (χ3v) is 7.72. The fourth-order valence-corrected chi connectivity index (χ4v) is 5.89. The highest BCUT2D eigenvalue weighted by atomic mass is 16.2. The standard InChI is InChI=1S/C29H35N3O2/c1-4-6-11-20(5-2)17-31-18-26(33)32-25(29(31)34)16-23-22-13-7-8-14-24(22)30-27(23)28(32)21-12-9-10-19(3)15-21/h7-10,12-15,20,25,28,30H,4-6,11,16-18H2,1-3H3/t20?,25-,28?/m0/s1. The SMILES string of the molecule is CCCCC(CC)CN1CC(=O)N2C(c3cccc(C)c3)c3[nH]c4ccccc4c3C[C@H]2C1=O. The van der Waals surface area contributed by atoms with Crippen LogP contribution in [0.1, 0.15) is 68.0 Å². The Bertz CT molecular complexity index is 1210. The molecule has 2 aromatic carbocycles. The molecule has 34 heavy (non-hydrogen) atoms. The molecule has 0 aliphatic carbocycles. The van der Waals surface area contributed by atoms with Crippen LogP contribution in [0, 0.1) is 12.8 Å². The van der Waals surface area contributed by atoms with Crippen LogP contribution in [0.25, 0.3) is 10.9 Å². The van der Waals surface area contributed by atoms with Gasteiger partial charge in [0.15, 0.2) is 0 Å². The second kappa shape index (κ2) is 9.28. The number of hydrogen-bond acceptors (Lipinski definition) is 2. The number of benzene rings is 2. The number of unbranched alkanes of at least 4 members (excludes halogenated alkanes) is 1. The molecule has 5 nitrogen and oxygen atoms in total. The summed E-state index contributed by atoms with van der Waals surface area (Å²) in [5.74, 6) is 0.594. The third-order valence-electron chi connectivity index (χ3n) is 7.72. The Morgan fingerprint density at radius 1 is 1.09 bits per heavy atom. The normalized spacial score (nSPS) is 21.0. The number of aromatic nitrogens is 1. The number of para-hydroxylation sites is 1. The van der Waals surface area contributed by atoms with Crippen molar-refractivity contribution in [2.45, 2.75) is 65.0 Å². The fourth-order valence-electron chi connectivity index (χ4n) is 5.89. The monoisotopic (exact) mass is 457 g/mol. The summed E-state index contributed by atoms with van der Waals surface area (Å²) in [6.45, 7) is 7.32. The van der Waals surface area contributed by atoms with Crippen molar-refractivity contribution in [3.8, 4) is 0 Å². The van der Waals surface area contributed by atoms with Gasteiger partial charge in [0.05, 0.1) is 12.6 Å². The maximum absolute atomic E-state index is 13.9. The predicted octanol–water partition coefficient (Wildman–Crippen LogP) is 5.38. The third kappa shape index (κ3) is 3.91. The summed E-state index contributed by atoms with van der Waals surface area (Å²) >= 11 is 0. The van der Waals surface area contributed by atoms with E-state index < -0.39 is 6.04 Å². The van der Waals surface area contributed by atoms with E-state index in [1.54, 1.807) is 0 Å². The lowest BCUT2D eigenvalue weighted by Gasteiger charge is -2.47. The second-order valence-electron chi connectivity index (χ2n) is 10.0. The maximum atomic E-state index is 13.9. The van der Waals surface area contributed by atoms with Gasteiger partial charge < -0.3 is 14.8 Å². The average molecular weight is 458 g/mol. The van der Waals surface area contributed by atoms with Gasteiger partial charge in [-0.15, -0.1) is 0 Å². The van der Waals surface area contributed by atoms with Gasteiger partial charge in [0.1, 0.15) is 6.04 Å². The Balaban J connectivity index is 1.56. The fraction of sp³-hybridized carbons (Fsp3) is 0.448. The van der Waals surface area contributed by atoms with Crippen LogP contribution in [0.5, 0.6) is 0 Å². The van der Waals surface area contributed by atoms with E-state index >= 15 is 0 Å². The topological polar surface area (TPSA) is 56.4 Å². The van der Waals surface area contributed by atoms with Gasteiger partial charge in [-0.3, -0.25) is 9.59 Å². The van der Waals surface area contributed by atoms with Gasteiger partial charge in [0.25, 0.3) is 0 Å². The minimum absolute atomic E-state index is 0.0470. The van der Waals surface area contributed by atoms with E-state index in [2.05, 4.69) is 56.1 Å². The molecule has 0 radical (unpaired) electrons. The first-order valence-electron chi connectivity index (χ1n) is 12.8. The number of carbonyl (C=O) groups is 2. The molecule has 1 fully saturated rings. The lowest BCUT2D eigenvalue weighted by Crippen LogP contribution is -2.63. The highest BCUT2D eigenvalue weighted by Crippen LogP contribution is 2.42. The minimum atomic E-state index is -0.456. The van der Waals surface area contributed by atoms with Gasteiger partial charge in [-0.05, 0) is 36.5 Å². The first-order valence-corrected chi connectivity index (χ1v) is 12.8. The molecule has 2 aliphatic heterocycles. The number of amides is 2. The van der Waals surface area contributed by atoms with Crippen molar-refractivity contribution < 1.29 is 9.59 Å². The maximum Gasteiger partial charge on any atom is 0.246 e. The summed E-state index contributed by atoms with van der Waals surface area (Å²) in [6.07, 6.45) is 5.02. The van der Waals surface area contributed by atoms with Gasteiger partial charge in [-0.2, -0.15) is 0 Å². The van der Waals surface area contributed by atoms with Crippen molar-refractivity contribution >= 4 is 22.7 Å². The molecule has 178 valence electrons. The summed E-state index contributed by atoms with van der Waals surface area (Å²) in [4.78, 5) is 34.9. The number of fused-ring (bicyclic) bond motifs is 4. The molecule has 2 aliphatic rings. The van der Waals surface area contributed by atoms with E-state index in [-0.39, 0.29) is 24.4 Å². The highest BCUT2D eigenvalue weighted by molar-refractivity contribution is 5.97. The Kier molecular flexibility index (Phi) is 6.20. The lowest BCUT2D eigenvalue weighted by molar-refractivity contribution is -0.159. The van der Waals surface area contributed by atoms with Crippen LogP contribution in [-0.2, 0) is 16.0 Å². The van der Waals surface area contributed by atoms with Crippen LogP contribution < -0.4 is 0 Å². The molecule has 3 heterocycles. The summed E-state index contributed by atoms with van der Waals surface area (Å²) in [5, 5.41) is 1.15. The Morgan fingerprint density at radius 3 is 2.68 bits per heavy atom. The number of carbonyl (C=O) groups excluding carboxylic acids is 2. The smallest absolute Gasteiger partial charge is 0.246 e. The lowest BCUT2D eigenvalue weighted by atomic mass is 9.85. The number of hydrogen-bond donors (Lipinski definition) is 1. The zero-order valence-electron chi connectivity index (χ0n) is 20.5. The molecular weight excluding hydrogens is 422 g/mol. The number of piperazine rings is 1. The van der Waals surface area contributed by atoms with Gasteiger partial charge in [-0.1, -0.05) is 81.1 Å². The summed E-state index contributed by atoms with van der Waals surface area (Å²) in [7, 11) is 0. The molecule has 2 amide bonds. The number of nitrogens with zero attached hydrogens (tertiary/aromatic N) is 2. The quantitative estimate of drug-likeness (QED) is 0.518. The second-order valence-corrected chi connectivity index (χ2v) is 10.0. The molecule has 3 aromatic rings. The van der Waals surface area contributed by atoms with E-state index in [0.29, 0.717) is 18.9 Å². The molecule has 0 spiro atoms. The zero-order valence-corrected chi connectivity index (χ0v) is 20.5. The molecule has 2 unspecified atom stereocenters. The number of aryl methyl sites for hydroxylation is 1. The van der Waals surface area contributed by atoms with Crippen LogP contribution in [0.4, 0.5) is 0 Å². The molecule has 1 N–H and O–H groups in total. The highest BCUT2D eigenvalue weighted by Gasteiger charge is 2.48. The van der Waals surface area contributed by atoms with Crippen LogP contribution in [-0.4, -0.2) is 45.7 Å². The van der Waals surface area contributed by atoms with Crippen LogP contribution in [0.2, 0.25) is 0 Å². The minimum Gasteiger partial charge on any atom is -0.356 e. The summed E-state index contributed by atoms with van der Waals surface area (Å²) < 4.78 is 0. The number of H-pyrrole nitrogens is 1. The van der Waals surface area contributed by atoms with Crippen molar-refractivity contribution in [1.82, 2.24) is 14.8 Å². The predicted molar refractivity (Wildman–Crippen MR) is 136 cm³/mol. The Labute approximate surface area is 202 Å².